The molecule has 3 rings (SSSR count). The number of ether oxygens (including phenoxy) is 1. The van der Waals surface area contributed by atoms with E-state index < -0.39 is 17.8 Å². The van der Waals surface area contributed by atoms with Gasteiger partial charge >= 0.3 is 5.97 Å². The molecule has 23 heavy (non-hydrogen) atoms. The van der Waals surface area contributed by atoms with Gasteiger partial charge in [-0.2, -0.15) is 0 Å². The Bertz CT molecular complexity index is 837. The van der Waals surface area contributed by atoms with Crippen LogP contribution in [0.15, 0.2) is 43.0 Å². The third kappa shape index (κ3) is 2.49. The Kier molecular flexibility index (Phi) is 3.88. The fourth-order valence-corrected chi connectivity index (χ4v) is 2.83. The summed E-state index contributed by atoms with van der Waals surface area (Å²) in [7, 11) is 0. The summed E-state index contributed by atoms with van der Waals surface area (Å²) in [6, 6.07) is 8.38. The van der Waals surface area contributed by atoms with Crippen LogP contribution in [0.3, 0.4) is 0 Å². The normalized spacial score (nSPS) is 13.3. The minimum absolute atomic E-state index is 0.0182. The van der Waals surface area contributed by atoms with Crippen LogP contribution < -0.4 is 0 Å². The third-order valence-electron chi connectivity index (χ3n) is 3.66. The molecular formula is C17H12ClNO4. The lowest BCUT2D eigenvalue weighted by molar-refractivity contribution is -0.137. The summed E-state index contributed by atoms with van der Waals surface area (Å²) in [4.78, 5) is 37.3. The average molecular weight is 330 g/mol. The molecule has 0 atom stereocenters. The fourth-order valence-electron chi connectivity index (χ4n) is 2.61. The van der Waals surface area contributed by atoms with E-state index in [9.17, 15) is 14.4 Å². The second kappa shape index (κ2) is 5.85. The highest BCUT2D eigenvalue weighted by Gasteiger charge is 2.33. The van der Waals surface area contributed by atoms with Crippen molar-refractivity contribution >= 4 is 40.2 Å². The Morgan fingerprint density at radius 1 is 1.17 bits per heavy atom. The van der Waals surface area contributed by atoms with E-state index in [0.717, 1.165) is 11.0 Å². The molecule has 0 unspecified atom stereocenters. The Balaban J connectivity index is 1.98. The Labute approximate surface area is 137 Å². The van der Waals surface area contributed by atoms with Crippen LogP contribution in [0.5, 0.6) is 0 Å². The van der Waals surface area contributed by atoms with Gasteiger partial charge in [0, 0.05) is 33.0 Å². The second-order valence-electron chi connectivity index (χ2n) is 4.96. The van der Waals surface area contributed by atoms with Gasteiger partial charge in [0.05, 0.1) is 6.54 Å². The fraction of sp³-hybridized carbons (Fsp3) is 0.118. The standard InChI is InChI=1S/C17H12ClNO4/c1-2-14(20)23-9-8-19-16(21)11-5-3-4-10-13(18)7-6-12(15(10)11)17(19)22/h2-7H,1,8-9H2. The number of nitrogens with zero attached hydrogens (tertiary/aromatic N) is 1. The van der Waals surface area contributed by atoms with Crippen LogP contribution in [0.25, 0.3) is 10.8 Å². The molecule has 0 saturated carbocycles. The summed E-state index contributed by atoms with van der Waals surface area (Å²) >= 11 is 6.15. The quantitative estimate of drug-likeness (QED) is 0.491. The zero-order valence-corrected chi connectivity index (χ0v) is 12.8. The summed E-state index contributed by atoms with van der Waals surface area (Å²) in [5, 5.41) is 1.72. The number of carbonyl (C=O) groups is 3. The van der Waals surface area contributed by atoms with Gasteiger partial charge in [0.15, 0.2) is 0 Å². The van der Waals surface area contributed by atoms with Crippen LogP contribution in [0, 0.1) is 0 Å². The largest absolute Gasteiger partial charge is 0.461 e. The number of halogens is 1. The SMILES string of the molecule is C=CC(=O)OCCN1C(=O)c2cccc3c(Cl)ccc(c23)C1=O. The van der Waals surface area contributed by atoms with Gasteiger partial charge < -0.3 is 4.74 Å². The first-order chi connectivity index (χ1) is 11.0. The lowest BCUT2D eigenvalue weighted by atomic mass is 9.94. The molecule has 0 aromatic heterocycles. The molecule has 0 radical (unpaired) electrons. The van der Waals surface area contributed by atoms with E-state index in [1.54, 1.807) is 30.3 Å². The van der Waals surface area contributed by atoms with Crippen molar-refractivity contribution in [1.29, 1.82) is 0 Å². The maximum absolute atomic E-state index is 12.6. The summed E-state index contributed by atoms with van der Waals surface area (Å²) < 4.78 is 4.85. The zero-order valence-electron chi connectivity index (χ0n) is 12.0. The lowest BCUT2D eigenvalue weighted by Gasteiger charge is -2.27. The van der Waals surface area contributed by atoms with E-state index in [1.165, 1.54) is 0 Å². The lowest BCUT2D eigenvalue weighted by Crippen LogP contribution is -2.42. The molecule has 2 aromatic carbocycles. The van der Waals surface area contributed by atoms with Crippen molar-refractivity contribution in [3.8, 4) is 0 Å². The van der Waals surface area contributed by atoms with Crippen molar-refractivity contribution in [3.05, 3.63) is 59.1 Å². The van der Waals surface area contributed by atoms with Gasteiger partial charge in [-0.3, -0.25) is 14.5 Å². The van der Waals surface area contributed by atoms with Crippen molar-refractivity contribution < 1.29 is 19.1 Å². The first kappa shape index (κ1) is 15.2. The summed E-state index contributed by atoms with van der Waals surface area (Å²) in [5.41, 5.74) is 0.823. The number of hydrogen-bond donors (Lipinski definition) is 0. The molecule has 1 aliphatic heterocycles. The maximum Gasteiger partial charge on any atom is 0.330 e. The Morgan fingerprint density at radius 2 is 1.87 bits per heavy atom. The van der Waals surface area contributed by atoms with Gasteiger partial charge in [0.2, 0.25) is 0 Å². The molecule has 1 aliphatic rings. The number of benzene rings is 2. The molecule has 0 spiro atoms. The van der Waals surface area contributed by atoms with Gasteiger partial charge in [-0.25, -0.2) is 4.79 Å². The molecule has 6 heteroatoms. The first-order valence-electron chi connectivity index (χ1n) is 6.91. The Morgan fingerprint density at radius 3 is 2.57 bits per heavy atom. The predicted octanol–water partition coefficient (Wildman–Crippen LogP) is 2.82. The molecule has 2 aromatic rings. The minimum Gasteiger partial charge on any atom is -0.461 e. The second-order valence-corrected chi connectivity index (χ2v) is 5.36. The highest BCUT2D eigenvalue weighted by atomic mass is 35.5. The van der Waals surface area contributed by atoms with Gasteiger partial charge in [-0.05, 0) is 18.2 Å². The van der Waals surface area contributed by atoms with Crippen molar-refractivity contribution in [2.45, 2.75) is 0 Å². The molecule has 1 heterocycles. The van der Waals surface area contributed by atoms with E-state index in [4.69, 9.17) is 16.3 Å². The topological polar surface area (TPSA) is 63.7 Å². The first-order valence-corrected chi connectivity index (χ1v) is 7.29. The highest BCUT2D eigenvalue weighted by molar-refractivity contribution is 6.38. The number of amides is 2. The van der Waals surface area contributed by atoms with Crippen LogP contribution in [0.1, 0.15) is 20.7 Å². The smallest absolute Gasteiger partial charge is 0.330 e. The third-order valence-corrected chi connectivity index (χ3v) is 3.99. The van der Waals surface area contributed by atoms with Crippen molar-refractivity contribution in [1.82, 2.24) is 4.90 Å². The van der Waals surface area contributed by atoms with E-state index in [0.29, 0.717) is 26.9 Å². The maximum atomic E-state index is 12.6. The monoisotopic (exact) mass is 329 g/mol. The zero-order chi connectivity index (χ0) is 16.6. The van der Waals surface area contributed by atoms with Crippen molar-refractivity contribution in [2.75, 3.05) is 13.2 Å². The molecule has 2 amide bonds. The summed E-state index contributed by atoms with van der Waals surface area (Å²) in [5.74, 6) is -1.45. The van der Waals surface area contributed by atoms with Crippen LogP contribution in [-0.2, 0) is 9.53 Å². The van der Waals surface area contributed by atoms with Crippen LogP contribution >= 0.6 is 11.6 Å². The summed E-state index contributed by atoms with van der Waals surface area (Å²) in [6.45, 7) is 3.19. The van der Waals surface area contributed by atoms with E-state index in [1.807, 2.05) is 0 Å². The van der Waals surface area contributed by atoms with Gasteiger partial charge in [0.25, 0.3) is 11.8 Å². The average Bonchev–Trinajstić information content (AvgIpc) is 2.56. The van der Waals surface area contributed by atoms with E-state index in [-0.39, 0.29) is 13.2 Å². The molecule has 0 bridgehead atoms. The van der Waals surface area contributed by atoms with Gasteiger partial charge in [-0.15, -0.1) is 0 Å². The van der Waals surface area contributed by atoms with Crippen LogP contribution in [0.2, 0.25) is 5.02 Å². The number of imide groups is 1. The van der Waals surface area contributed by atoms with Crippen LogP contribution in [0.4, 0.5) is 0 Å². The molecule has 116 valence electrons. The predicted molar refractivity (Wildman–Crippen MR) is 85.5 cm³/mol. The summed E-state index contributed by atoms with van der Waals surface area (Å²) in [6.07, 6.45) is 1.03. The van der Waals surface area contributed by atoms with Crippen LogP contribution in [-0.4, -0.2) is 35.8 Å². The molecular weight excluding hydrogens is 318 g/mol. The minimum atomic E-state index is -0.601. The number of carbonyl (C=O) groups excluding carboxylic acids is 3. The highest BCUT2D eigenvalue weighted by Crippen LogP contribution is 2.33. The van der Waals surface area contributed by atoms with Crippen molar-refractivity contribution in [2.24, 2.45) is 0 Å². The molecule has 0 saturated heterocycles. The molecule has 0 fully saturated rings. The van der Waals surface area contributed by atoms with E-state index in [2.05, 4.69) is 6.58 Å². The number of esters is 1. The Hall–Kier alpha value is -2.66. The number of hydrogen-bond acceptors (Lipinski definition) is 4. The van der Waals surface area contributed by atoms with Crippen molar-refractivity contribution in [3.63, 3.8) is 0 Å². The number of rotatable bonds is 4. The molecule has 0 N–H and O–H groups in total. The van der Waals surface area contributed by atoms with E-state index >= 15 is 0 Å². The molecule has 0 aliphatic carbocycles. The van der Waals surface area contributed by atoms with Gasteiger partial charge in [-0.1, -0.05) is 30.3 Å². The van der Waals surface area contributed by atoms with Gasteiger partial charge in [0.1, 0.15) is 6.61 Å². The molecule has 5 nitrogen and oxygen atoms in total.